The zero-order valence-corrected chi connectivity index (χ0v) is 18.4. The zero-order chi connectivity index (χ0) is 20.9. The molecule has 0 fully saturated rings. The van der Waals surface area contributed by atoms with Crippen LogP contribution in [0.2, 0.25) is 0 Å². The standard InChI is InChI=1S/C26H30O3/c1-14-15(2)17(4)23(18(5)16(14)3)13-28-24-12-11-21-20-9-7-8-10-22(20)26(27)29-25(21)19(24)6/h11-12H,7-10,13H2,1-6H3. The number of hydrogen-bond acceptors (Lipinski definition) is 3. The van der Waals surface area contributed by atoms with Gasteiger partial charge >= 0.3 is 5.63 Å². The molecule has 1 aliphatic rings. The third-order valence-electron chi connectivity index (χ3n) is 7.12. The molecule has 29 heavy (non-hydrogen) atoms. The van der Waals surface area contributed by atoms with Crippen molar-refractivity contribution in [3.05, 3.63) is 72.6 Å². The van der Waals surface area contributed by atoms with Crippen molar-refractivity contribution < 1.29 is 9.15 Å². The Morgan fingerprint density at radius 2 is 1.38 bits per heavy atom. The van der Waals surface area contributed by atoms with Crippen LogP contribution in [0.4, 0.5) is 0 Å². The molecule has 3 nitrogen and oxygen atoms in total. The number of fused-ring (bicyclic) bond motifs is 3. The molecule has 0 bridgehead atoms. The van der Waals surface area contributed by atoms with E-state index in [0.717, 1.165) is 47.9 Å². The van der Waals surface area contributed by atoms with Crippen LogP contribution in [0.5, 0.6) is 5.75 Å². The highest BCUT2D eigenvalue weighted by Crippen LogP contribution is 2.34. The van der Waals surface area contributed by atoms with Crippen LogP contribution in [0.15, 0.2) is 21.3 Å². The van der Waals surface area contributed by atoms with Gasteiger partial charge in [-0.3, -0.25) is 0 Å². The molecule has 0 saturated heterocycles. The van der Waals surface area contributed by atoms with Gasteiger partial charge in [-0.25, -0.2) is 4.79 Å². The monoisotopic (exact) mass is 390 g/mol. The van der Waals surface area contributed by atoms with Crippen molar-refractivity contribution in [1.29, 1.82) is 0 Å². The highest BCUT2D eigenvalue weighted by atomic mass is 16.5. The molecule has 0 atom stereocenters. The fourth-order valence-corrected chi connectivity index (χ4v) is 4.73. The number of ether oxygens (including phenoxy) is 1. The summed E-state index contributed by atoms with van der Waals surface area (Å²) in [5.74, 6) is 0.783. The number of aryl methyl sites for hydroxylation is 2. The zero-order valence-electron chi connectivity index (χ0n) is 18.4. The molecule has 1 heterocycles. The van der Waals surface area contributed by atoms with Crippen LogP contribution in [0, 0.1) is 41.5 Å². The predicted molar refractivity (Wildman–Crippen MR) is 118 cm³/mol. The Labute approximate surface area is 172 Å². The SMILES string of the molecule is Cc1c(C)c(C)c(COc2ccc3c4c(c(=O)oc3c2C)CCCC4)c(C)c1C. The van der Waals surface area contributed by atoms with E-state index in [4.69, 9.17) is 9.15 Å². The van der Waals surface area contributed by atoms with Gasteiger partial charge in [0.2, 0.25) is 0 Å². The van der Waals surface area contributed by atoms with Gasteiger partial charge in [0.25, 0.3) is 0 Å². The molecule has 0 aliphatic heterocycles. The molecule has 152 valence electrons. The number of hydrogen-bond donors (Lipinski definition) is 0. The largest absolute Gasteiger partial charge is 0.488 e. The number of benzene rings is 2. The van der Waals surface area contributed by atoms with E-state index in [2.05, 4.69) is 40.7 Å². The van der Waals surface area contributed by atoms with Gasteiger partial charge in [0, 0.05) is 16.5 Å². The Morgan fingerprint density at radius 3 is 2.03 bits per heavy atom. The molecule has 4 rings (SSSR count). The summed E-state index contributed by atoms with van der Waals surface area (Å²) in [4.78, 5) is 12.5. The second kappa shape index (κ2) is 7.37. The Bertz CT molecular complexity index is 1150. The minimum Gasteiger partial charge on any atom is -0.488 e. The lowest BCUT2D eigenvalue weighted by atomic mass is 9.90. The molecule has 0 N–H and O–H groups in total. The summed E-state index contributed by atoms with van der Waals surface area (Å²) < 4.78 is 12.0. The molecule has 1 aliphatic carbocycles. The van der Waals surface area contributed by atoms with Crippen molar-refractivity contribution in [3.63, 3.8) is 0 Å². The molecule has 3 aromatic rings. The molecule has 0 radical (unpaired) electrons. The van der Waals surface area contributed by atoms with Gasteiger partial charge in [-0.1, -0.05) is 0 Å². The lowest BCUT2D eigenvalue weighted by Crippen LogP contribution is -2.16. The first-order valence-corrected chi connectivity index (χ1v) is 10.6. The van der Waals surface area contributed by atoms with Crippen LogP contribution >= 0.6 is 0 Å². The van der Waals surface area contributed by atoms with Crippen molar-refractivity contribution >= 4 is 11.0 Å². The van der Waals surface area contributed by atoms with Gasteiger partial charge in [0.15, 0.2) is 0 Å². The Kier molecular flexibility index (Phi) is 5.02. The summed E-state index contributed by atoms with van der Waals surface area (Å²) in [7, 11) is 0. The minimum absolute atomic E-state index is 0.177. The normalized spacial score (nSPS) is 13.6. The summed E-state index contributed by atoms with van der Waals surface area (Å²) in [6.45, 7) is 13.4. The van der Waals surface area contributed by atoms with Gasteiger partial charge in [-0.15, -0.1) is 0 Å². The summed E-state index contributed by atoms with van der Waals surface area (Å²) in [5, 5.41) is 1.07. The van der Waals surface area contributed by atoms with Crippen LogP contribution in [-0.2, 0) is 19.4 Å². The predicted octanol–water partition coefficient (Wildman–Crippen LogP) is 6.10. The first-order valence-electron chi connectivity index (χ1n) is 10.6. The van der Waals surface area contributed by atoms with Crippen molar-refractivity contribution in [2.45, 2.75) is 73.8 Å². The Balaban J connectivity index is 1.74. The van der Waals surface area contributed by atoms with Crippen molar-refractivity contribution in [2.24, 2.45) is 0 Å². The van der Waals surface area contributed by atoms with E-state index in [-0.39, 0.29) is 5.63 Å². The molecule has 3 heteroatoms. The second-order valence-electron chi connectivity index (χ2n) is 8.51. The Hall–Kier alpha value is -2.55. The topological polar surface area (TPSA) is 39.4 Å². The van der Waals surface area contributed by atoms with Crippen molar-refractivity contribution in [3.8, 4) is 5.75 Å². The first kappa shape index (κ1) is 19.8. The van der Waals surface area contributed by atoms with Crippen molar-refractivity contribution in [1.82, 2.24) is 0 Å². The highest BCUT2D eigenvalue weighted by Gasteiger charge is 2.20. The lowest BCUT2D eigenvalue weighted by Gasteiger charge is -2.20. The van der Waals surface area contributed by atoms with Gasteiger partial charge < -0.3 is 9.15 Å². The molecule has 0 saturated carbocycles. The van der Waals surface area contributed by atoms with Gasteiger partial charge in [-0.05, 0) is 118 Å². The molecular formula is C26H30O3. The smallest absolute Gasteiger partial charge is 0.339 e. The third-order valence-corrected chi connectivity index (χ3v) is 7.12. The van der Waals surface area contributed by atoms with E-state index in [1.165, 1.54) is 38.9 Å². The maximum Gasteiger partial charge on any atom is 0.339 e. The van der Waals surface area contributed by atoms with E-state index in [1.807, 2.05) is 13.0 Å². The van der Waals surface area contributed by atoms with Crippen LogP contribution in [0.1, 0.15) is 62.9 Å². The fourth-order valence-electron chi connectivity index (χ4n) is 4.73. The van der Waals surface area contributed by atoms with Gasteiger partial charge in [0.05, 0.1) is 0 Å². The van der Waals surface area contributed by atoms with Crippen LogP contribution < -0.4 is 10.4 Å². The summed E-state index contributed by atoms with van der Waals surface area (Å²) in [6, 6.07) is 4.10. The van der Waals surface area contributed by atoms with Crippen LogP contribution in [-0.4, -0.2) is 0 Å². The number of rotatable bonds is 3. The second-order valence-corrected chi connectivity index (χ2v) is 8.51. The van der Waals surface area contributed by atoms with E-state index in [1.54, 1.807) is 0 Å². The van der Waals surface area contributed by atoms with Crippen LogP contribution in [0.25, 0.3) is 11.0 Å². The maximum absolute atomic E-state index is 12.5. The molecular weight excluding hydrogens is 360 g/mol. The summed E-state index contributed by atoms with van der Waals surface area (Å²) in [6.07, 6.45) is 3.98. The molecule has 0 unspecified atom stereocenters. The van der Waals surface area contributed by atoms with Crippen LogP contribution in [0.3, 0.4) is 0 Å². The Morgan fingerprint density at radius 1 is 0.793 bits per heavy atom. The van der Waals surface area contributed by atoms with Crippen molar-refractivity contribution in [2.75, 3.05) is 0 Å². The quantitative estimate of drug-likeness (QED) is 0.507. The molecule has 2 aromatic carbocycles. The summed E-state index contributed by atoms with van der Waals surface area (Å²) >= 11 is 0. The average Bonchev–Trinajstić information content (AvgIpc) is 2.73. The van der Waals surface area contributed by atoms with E-state index >= 15 is 0 Å². The maximum atomic E-state index is 12.5. The summed E-state index contributed by atoms with van der Waals surface area (Å²) in [5.41, 5.74) is 11.3. The first-order chi connectivity index (χ1) is 13.8. The highest BCUT2D eigenvalue weighted by molar-refractivity contribution is 5.86. The van der Waals surface area contributed by atoms with E-state index < -0.39 is 0 Å². The minimum atomic E-state index is -0.177. The molecule has 0 spiro atoms. The van der Waals surface area contributed by atoms with E-state index in [0.29, 0.717) is 12.2 Å². The third kappa shape index (κ3) is 3.17. The van der Waals surface area contributed by atoms with E-state index in [9.17, 15) is 4.79 Å². The molecule has 1 aromatic heterocycles. The average molecular weight is 391 g/mol. The van der Waals surface area contributed by atoms with Gasteiger partial charge in [0.1, 0.15) is 17.9 Å². The molecule has 0 amide bonds. The lowest BCUT2D eigenvalue weighted by molar-refractivity contribution is 0.302. The fraction of sp³-hybridized carbons (Fsp3) is 0.423. The van der Waals surface area contributed by atoms with Gasteiger partial charge in [-0.2, -0.15) is 0 Å².